The van der Waals surface area contributed by atoms with Gasteiger partial charge in [0.15, 0.2) is 5.16 Å². The van der Waals surface area contributed by atoms with Gasteiger partial charge in [-0.05, 0) is 31.7 Å². The van der Waals surface area contributed by atoms with Crippen molar-refractivity contribution >= 4 is 39.2 Å². The van der Waals surface area contributed by atoms with Gasteiger partial charge in [0.05, 0.1) is 11.3 Å². The van der Waals surface area contributed by atoms with Crippen LogP contribution in [0.5, 0.6) is 0 Å². The normalized spacial score (nSPS) is 11.0. The highest BCUT2D eigenvalue weighted by Crippen LogP contribution is 2.21. The Kier molecular flexibility index (Phi) is 6.02. The van der Waals surface area contributed by atoms with Gasteiger partial charge in [0.25, 0.3) is 5.56 Å². The van der Waals surface area contributed by atoms with Crippen LogP contribution in [0, 0.1) is 0 Å². The van der Waals surface area contributed by atoms with Crippen molar-refractivity contribution < 1.29 is 4.79 Å². The maximum atomic E-state index is 12.5. The summed E-state index contributed by atoms with van der Waals surface area (Å²) in [7, 11) is 0. The Morgan fingerprint density at radius 3 is 2.73 bits per heavy atom. The smallest absolute Gasteiger partial charge is 0.272 e. The molecule has 0 spiro atoms. The molecule has 0 aromatic carbocycles. The number of hydrogen-bond acceptors (Lipinski definition) is 5. The lowest BCUT2D eigenvalue weighted by molar-refractivity contribution is -0.127. The van der Waals surface area contributed by atoms with Crippen molar-refractivity contribution in [3.8, 4) is 0 Å². The molecule has 2 aromatic heterocycles. The second-order valence-electron chi connectivity index (χ2n) is 4.84. The number of rotatable bonds is 7. The molecule has 0 aliphatic rings. The molecule has 0 unspecified atom stereocenters. The number of aromatic nitrogens is 2. The van der Waals surface area contributed by atoms with E-state index in [1.54, 1.807) is 9.47 Å². The number of carbonyl (C=O) groups is 1. The largest absolute Gasteiger partial charge is 0.343 e. The molecule has 0 aliphatic carbocycles. The molecule has 0 saturated carbocycles. The number of amides is 1. The molecule has 0 bridgehead atoms. The Balaban J connectivity index is 2.27. The minimum atomic E-state index is -0.000335. The number of fused-ring (bicyclic) bond motifs is 1. The number of hydrogen-bond donors (Lipinski definition) is 0. The highest BCUT2D eigenvalue weighted by atomic mass is 32.2. The molecule has 22 heavy (non-hydrogen) atoms. The summed E-state index contributed by atoms with van der Waals surface area (Å²) in [6.45, 7) is 7.99. The van der Waals surface area contributed by atoms with Crippen LogP contribution in [0.4, 0.5) is 0 Å². The van der Waals surface area contributed by atoms with Crippen molar-refractivity contribution in [2.75, 3.05) is 18.8 Å². The topological polar surface area (TPSA) is 55.2 Å². The Bertz CT molecular complexity index is 704. The first-order chi connectivity index (χ1) is 10.6. The van der Waals surface area contributed by atoms with Crippen molar-refractivity contribution in [1.82, 2.24) is 14.5 Å². The van der Waals surface area contributed by atoms with E-state index in [0.717, 1.165) is 11.9 Å². The molecule has 0 atom stereocenters. The zero-order valence-corrected chi connectivity index (χ0v) is 14.8. The fourth-order valence-corrected chi connectivity index (χ4v) is 3.95. The van der Waals surface area contributed by atoms with E-state index in [9.17, 15) is 9.59 Å². The first-order valence-corrected chi connectivity index (χ1v) is 9.37. The van der Waals surface area contributed by atoms with Crippen LogP contribution < -0.4 is 5.56 Å². The van der Waals surface area contributed by atoms with Crippen LogP contribution in [0.1, 0.15) is 27.2 Å². The lowest BCUT2D eigenvalue weighted by Gasteiger charge is -2.18. The second-order valence-corrected chi connectivity index (χ2v) is 6.70. The fourth-order valence-electron chi connectivity index (χ4n) is 2.25. The molecule has 7 heteroatoms. The van der Waals surface area contributed by atoms with Crippen LogP contribution >= 0.6 is 23.1 Å². The van der Waals surface area contributed by atoms with Crippen molar-refractivity contribution in [2.45, 2.75) is 38.9 Å². The van der Waals surface area contributed by atoms with E-state index >= 15 is 0 Å². The van der Waals surface area contributed by atoms with E-state index in [4.69, 9.17) is 0 Å². The number of thioether (sulfide) groups is 1. The van der Waals surface area contributed by atoms with Gasteiger partial charge in [-0.1, -0.05) is 18.7 Å². The van der Waals surface area contributed by atoms with Crippen molar-refractivity contribution in [2.24, 2.45) is 0 Å². The molecule has 0 aliphatic heterocycles. The van der Waals surface area contributed by atoms with E-state index in [0.29, 0.717) is 35.2 Å². The van der Waals surface area contributed by atoms with Gasteiger partial charge >= 0.3 is 0 Å². The van der Waals surface area contributed by atoms with Gasteiger partial charge in [-0.25, -0.2) is 4.98 Å². The summed E-state index contributed by atoms with van der Waals surface area (Å²) in [5, 5.41) is 2.52. The lowest BCUT2D eigenvalue weighted by Crippen LogP contribution is -2.32. The third-order valence-electron chi connectivity index (χ3n) is 3.42. The average molecular weight is 339 g/mol. The number of carbonyl (C=O) groups excluding carboxylic acids is 1. The van der Waals surface area contributed by atoms with Gasteiger partial charge in [-0.15, -0.1) is 11.3 Å². The first-order valence-electron chi connectivity index (χ1n) is 7.50. The summed E-state index contributed by atoms with van der Waals surface area (Å²) in [6.07, 6.45) is 0.857. The Morgan fingerprint density at radius 1 is 1.36 bits per heavy atom. The van der Waals surface area contributed by atoms with Crippen LogP contribution in [0.25, 0.3) is 10.2 Å². The number of thiophene rings is 1. The third kappa shape index (κ3) is 3.52. The molecule has 0 saturated heterocycles. The zero-order chi connectivity index (χ0) is 16.1. The number of nitrogens with zero attached hydrogens (tertiary/aromatic N) is 3. The molecule has 5 nitrogen and oxygen atoms in total. The van der Waals surface area contributed by atoms with Gasteiger partial charge in [-0.3, -0.25) is 14.2 Å². The van der Waals surface area contributed by atoms with Gasteiger partial charge in [0.2, 0.25) is 5.91 Å². The molecule has 1 amide bonds. The van der Waals surface area contributed by atoms with E-state index in [-0.39, 0.29) is 11.5 Å². The summed E-state index contributed by atoms with van der Waals surface area (Å²) in [5.74, 6) is 0.394. The average Bonchev–Trinajstić information content (AvgIpc) is 2.98. The van der Waals surface area contributed by atoms with Gasteiger partial charge in [-0.2, -0.15) is 0 Å². The molecule has 0 fully saturated rings. The first kappa shape index (κ1) is 17.0. The lowest BCUT2D eigenvalue weighted by atomic mass is 10.4. The van der Waals surface area contributed by atoms with Crippen LogP contribution in [0.15, 0.2) is 21.4 Å². The maximum absolute atomic E-state index is 12.5. The molecular weight excluding hydrogens is 318 g/mol. The highest BCUT2D eigenvalue weighted by molar-refractivity contribution is 7.99. The summed E-state index contributed by atoms with van der Waals surface area (Å²) in [6, 6.07) is 1.86. The summed E-state index contributed by atoms with van der Waals surface area (Å²) < 4.78 is 2.38. The van der Waals surface area contributed by atoms with E-state index < -0.39 is 0 Å². The van der Waals surface area contributed by atoms with E-state index in [2.05, 4.69) is 4.98 Å². The van der Waals surface area contributed by atoms with Gasteiger partial charge < -0.3 is 4.90 Å². The van der Waals surface area contributed by atoms with E-state index in [1.807, 2.05) is 32.2 Å². The Hall–Kier alpha value is -1.34. The monoisotopic (exact) mass is 339 g/mol. The Labute approximate surface area is 138 Å². The molecule has 2 rings (SSSR count). The van der Waals surface area contributed by atoms with Crippen molar-refractivity contribution in [3.63, 3.8) is 0 Å². The van der Waals surface area contributed by atoms with E-state index in [1.165, 1.54) is 23.1 Å². The van der Waals surface area contributed by atoms with Gasteiger partial charge in [0.1, 0.15) is 4.70 Å². The Morgan fingerprint density at radius 2 is 2.09 bits per heavy atom. The van der Waals surface area contributed by atoms with Crippen LogP contribution in [0.2, 0.25) is 0 Å². The highest BCUT2D eigenvalue weighted by Gasteiger charge is 2.15. The van der Waals surface area contributed by atoms with Crippen LogP contribution in [-0.4, -0.2) is 39.2 Å². The van der Waals surface area contributed by atoms with Crippen molar-refractivity contribution in [1.29, 1.82) is 0 Å². The van der Waals surface area contributed by atoms with Crippen molar-refractivity contribution in [3.05, 3.63) is 21.8 Å². The summed E-state index contributed by atoms with van der Waals surface area (Å²) in [4.78, 5) is 31.0. The third-order valence-corrected chi connectivity index (χ3v) is 5.27. The summed E-state index contributed by atoms with van der Waals surface area (Å²) >= 11 is 2.77. The van der Waals surface area contributed by atoms with Crippen LogP contribution in [-0.2, 0) is 11.3 Å². The SMILES string of the molecule is CCCn1c(SCC(=O)N(CC)CC)nc2ccsc2c1=O. The minimum absolute atomic E-state index is 0.000335. The predicted octanol–water partition coefficient (Wildman–Crippen LogP) is 2.83. The molecule has 2 heterocycles. The van der Waals surface area contributed by atoms with Crippen LogP contribution in [0.3, 0.4) is 0 Å². The maximum Gasteiger partial charge on any atom is 0.272 e. The molecule has 120 valence electrons. The predicted molar refractivity (Wildman–Crippen MR) is 92.8 cm³/mol. The fraction of sp³-hybridized carbons (Fsp3) is 0.533. The second kappa shape index (κ2) is 7.78. The van der Waals surface area contributed by atoms with Gasteiger partial charge in [0, 0.05) is 19.6 Å². The standard InChI is InChI=1S/C15H21N3O2S2/c1-4-8-18-14(20)13-11(7-9-21-13)16-15(18)22-10-12(19)17(5-2)6-3/h7,9H,4-6,8,10H2,1-3H3. The molecule has 0 radical (unpaired) electrons. The quantitative estimate of drug-likeness (QED) is 0.575. The molecule has 0 N–H and O–H groups in total. The molecular formula is C15H21N3O2S2. The minimum Gasteiger partial charge on any atom is -0.343 e. The summed E-state index contributed by atoms with van der Waals surface area (Å²) in [5.41, 5.74) is 0.722. The zero-order valence-electron chi connectivity index (χ0n) is 13.2. The molecule has 2 aromatic rings.